The zero-order chi connectivity index (χ0) is 14.6. The van der Waals surface area contributed by atoms with E-state index >= 15 is 0 Å². The van der Waals surface area contributed by atoms with Gasteiger partial charge in [0.05, 0.1) is 11.7 Å². The highest BCUT2D eigenvalue weighted by atomic mass is 16.5. The van der Waals surface area contributed by atoms with Gasteiger partial charge in [0.25, 0.3) is 0 Å². The van der Waals surface area contributed by atoms with Gasteiger partial charge in [-0.25, -0.2) is 0 Å². The molecule has 0 heterocycles. The summed E-state index contributed by atoms with van der Waals surface area (Å²) in [5.74, 6) is 0. The molecular formula is C18H38O. The molecule has 1 nitrogen and oxygen atoms in total. The predicted molar refractivity (Wildman–Crippen MR) is 86.8 cm³/mol. The molecule has 0 aromatic rings. The summed E-state index contributed by atoms with van der Waals surface area (Å²) in [5.41, 5.74) is 0.0118. The highest BCUT2D eigenvalue weighted by Gasteiger charge is 2.14. The average molecular weight is 271 g/mol. The summed E-state index contributed by atoms with van der Waals surface area (Å²) >= 11 is 0. The van der Waals surface area contributed by atoms with Crippen LogP contribution in [0.2, 0.25) is 0 Å². The third-order valence-corrected chi connectivity index (χ3v) is 3.52. The Morgan fingerprint density at radius 3 is 1.58 bits per heavy atom. The largest absolute Gasteiger partial charge is 0.373 e. The highest BCUT2D eigenvalue weighted by molar-refractivity contribution is 4.63. The third kappa shape index (κ3) is 15.9. The number of ether oxygens (including phenoxy) is 1. The van der Waals surface area contributed by atoms with Crippen molar-refractivity contribution in [2.75, 3.05) is 0 Å². The Hall–Kier alpha value is -0.0400. The van der Waals surface area contributed by atoms with Gasteiger partial charge in [-0.2, -0.15) is 0 Å². The fourth-order valence-corrected chi connectivity index (χ4v) is 2.58. The quantitative estimate of drug-likeness (QED) is 0.368. The zero-order valence-corrected chi connectivity index (χ0v) is 14.3. The normalized spacial score (nSPS) is 13.7. The van der Waals surface area contributed by atoms with Crippen LogP contribution in [0.25, 0.3) is 0 Å². The molecule has 0 aliphatic carbocycles. The second-order valence-corrected chi connectivity index (χ2v) is 7.01. The summed E-state index contributed by atoms with van der Waals surface area (Å²) in [6.45, 7) is 10.9. The van der Waals surface area contributed by atoms with Crippen LogP contribution in [-0.2, 0) is 4.74 Å². The van der Waals surface area contributed by atoms with Gasteiger partial charge in [-0.05, 0) is 34.1 Å². The van der Waals surface area contributed by atoms with Crippen molar-refractivity contribution in [1.29, 1.82) is 0 Å². The molecule has 0 aromatic carbocycles. The second-order valence-electron chi connectivity index (χ2n) is 7.01. The number of unbranched alkanes of at least 4 members (excludes halogenated alkanes) is 9. The van der Waals surface area contributed by atoms with Crippen LogP contribution < -0.4 is 0 Å². The molecule has 0 aromatic heterocycles. The van der Waals surface area contributed by atoms with Crippen LogP contribution in [0.4, 0.5) is 0 Å². The molecule has 0 N–H and O–H groups in total. The lowest BCUT2D eigenvalue weighted by Gasteiger charge is -2.25. The van der Waals surface area contributed by atoms with Gasteiger partial charge in [-0.3, -0.25) is 0 Å². The van der Waals surface area contributed by atoms with Gasteiger partial charge in [-0.15, -0.1) is 0 Å². The molecule has 1 unspecified atom stereocenters. The monoisotopic (exact) mass is 270 g/mol. The molecule has 0 fully saturated rings. The second kappa shape index (κ2) is 11.8. The van der Waals surface area contributed by atoms with Crippen molar-refractivity contribution < 1.29 is 4.74 Å². The highest BCUT2D eigenvalue weighted by Crippen LogP contribution is 2.16. The van der Waals surface area contributed by atoms with E-state index in [0.29, 0.717) is 6.10 Å². The van der Waals surface area contributed by atoms with Gasteiger partial charge >= 0.3 is 0 Å². The van der Waals surface area contributed by atoms with Crippen LogP contribution in [0, 0.1) is 0 Å². The van der Waals surface area contributed by atoms with Crippen molar-refractivity contribution in [2.45, 2.75) is 117 Å². The summed E-state index contributed by atoms with van der Waals surface area (Å²) in [5, 5.41) is 0. The van der Waals surface area contributed by atoms with Crippen LogP contribution in [0.5, 0.6) is 0 Å². The predicted octanol–water partition coefficient (Wildman–Crippen LogP) is 6.50. The molecular weight excluding hydrogens is 232 g/mol. The molecule has 0 aliphatic rings. The van der Waals surface area contributed by atoms with Crippen molar-refractivity contribution in [1.82, 2.24) is 0 Å². The van der Waals surface area contributed by atoms with Crippen molar-refractivity contribution in [3.63, 3.8) is 0 Å². The molecule has 0 saturated heterocycles. The van der Waals surface area contributed by atoms with E-state index in [-0.39, 0.29) is 5.60 Å². The molecule has 0 rings (SSSR count). The van der Waals surface area contributed by atoms with Gasteiger partial charge in [0.2, 0.25) is 0 Å². The lowest BCUT2D eigenvalue weighted by Crippen LogP contribution is -2.25. The van der Waals surface area contributed by atoms with E-state index in [1.807, 2.05) is 0 Å². The van der Waals surface area contributed by atoms with Gasteiger partial charge in [0.15, 0.2) is 0 Å². The first kappa shape index (κ1) is 19.0. The van der Waals surface area contributed by atoms with Crippen molar-refractivity contribution >= 4 is 0 Å². The van der Waals surface area contributed by atoms with E-state index in [1.54, 1.807) is 0 Å². The van der Waals surface area contributed by atoms with E-state index < -0.39 is 0 Å². The standard InChI is InChI=1S/C18H38O/c1-6-7-8-9-10-11-12-13-14-15-16-17(2)19-18(3,4)5/h17H,6-16H2,1-5H3. The number of hydrogen-bond acceptors (Lipinski definition) is 1. The molecule has 0 spiro atoms. The summed E-state index contributed by atoms with van der Waals surface area (Å²) in [6.07, 6.45) is 15.7. The van der Waals surface area contributed by atoms with Gasteiger partial charge in [-0.1, -0.05) is 71.1 Å². The Kier molecular flexibility index (Phi) is 11.7. The molecule has 0 bridgehead atoms. The minimum atomic E-state index is 0.0118. The summed E-state index contributed by atoms with van der Waals surface area (Å²) < 4.78 is 5.92. The lowest BCUT2D eigenvalue weighted by atomic mass is 10.0. The van der Waals surface area contributed by atoms with Crippen molar-refractivity contribution in [3.8, 4) is 0 Å². The fraction of sp³-hybridized carbons (Fsp3) is 1.00. The van der Waals surface area contributed by atoms with Crippen LogP contribution >= 0.6 is 0 Å². The fourth-order valence-electron chi connectivity index (χ4n) is 2.58. The van der Waals surface area contributed by atoms with Gasteiger partial charge < -0.3 is 4.74 Å². The SMILES string of the molecule is CCCCCCCCCCCCC(C)OC(C)(C)C. The first-order valence-electron chi connectivity index (χ1n) is 8.63. The zero-order valence-electron chi connectivity index (χ0n) is 14.3. The first-order chi connectivity index (χ1) is 8.95. The molecule has 1 heteroatoms. The van der Waals surface area contributed by atoms with Crippen LogP contribution in [0.1, 0.15) is 105 Å². The van der Waals surface area contributed by atoms with Crippen molar-refractivity contribution in [2.24, 2.45) is 0 Å². The molecule has 0 saturated carbocycles. The van der Waals surface area contributed by atoms with Crippen LogP contribution in [-0.4, -0.2) is 11.7 Å². The first-order valence-corrected chi connectivity index (χ1v) is 8.63. The van der Waals surface area contributed by atoms with E-state index in [2.05, 4.69) is 34.6 Å². The molecule has 0 radical (unpaired) electrons. The molecule has 0 amide bonds. The molecule has 116 valence electrons. The van der Waals surface area contributed by atoms with Crippen LogP contribution in [0.15, 0.2) is 0 Å². The molecule has 0 aliphatic heterocycles. The minimum Gasteiger partial charge on any atom is -0.373 e. The average Bonchev–Trinajstić information content (AvgIpc) is 2.29. The maximum atomic E-state index is 5.92. The Bertz CT molecular complexity index is 181. The molecule has 19 heavy (non-hydrogen) atoms. The summed E-state index contributed by atoms with van der Waals surface area (Å²) in [6, 6.07) is 0. The van der Waals surface area contributed by atoms with E-state index in [4.69, 9.17) is 4.74 Å². The Morgan fingerprint density at radius 2 is 1.16 bits per heavy atom. The minimum absolute atomic E-state index is 0.0118. The van der Waals surface area contributed by atoms with Gasteiger partial charge in [0.1, 0.15) is 0 Å². The smallest absolute Gasteiger partial charge is 0.0602 e. The Morgan fingerprint density at radius 1 is 0.737 bits per heavy atom. The maximum absolute atomic E-state index is 5.92. The van der Waals surface area contributed by atoms with Gasteiger partial charge in [0, 0.05) is 0 Å². The lowest BCUT2D eigenvalue weighted by molar-refractivity contribution is -0.0549. The third-order valence-electron chi connectivity index (χ3n) is 3.52. The van der Waals surface area contributed by atoms with E-state index in [0.717, 1.165) is 0 Å². The summed E-state index contributed by atoms with van der Waals surface area (Å²) in [4.78, 5) is 0. The van der Waals surface area contributed by atoms with Crippen molar-refractivity contribution in [3.05, 3.63) is 0 Å². The summed E-state index contributed by atoms with van der Waals surface area (Å²) in [7, 11) is 0. The molecule has 1 atom stereocenters. The topological polar surface area (TPSA) is 9.23 Å². The number of rotatable bonds is 12. The number of hydrogen-bond donors (Lipinski definition) is 0. The maximum Gasteiger partial charge on any atom is 0.0602 e. The Balaban J connectivity index is 3.18. The van der Waals surface area contributed by atoms with Crippen LogP contribution in [0.3, 0.4) is 0 Å². The Labute approximate surface area is 122 Å². The van der Waals surface area contributed by atoms with E-state index in [1.165, 1.54) is 70.6 Å². The van der Waals surface area contributed by atoms with E-state index in [9.17, 15) is 0 Å².